The van der Waals surface area contributed by atoms with E-state index in [1.54, 1.807) is 6.07 Å². The zero-order chi connectivity index (χ0) is 12.3. The fraction of sp³-hybridized carbons (Fsp3) is 0.417. The SMILES string of the molecule is CCC(Br)C(=O)Nc1cc(C)cc(C)c1O. The largest absolute Gasteiger partial charge is 0.505 e. The van der Waals surface area contributed by atoms with Crippen LogP contribution in [0.5, 0.6) is 5.75 Å². The number of anilines is 1. The van der Waals surface area contributed by atoms with Crippen molar-refractivity contribution in [1.29, 1.82) is 0 Å². The van der Waals surface area contributed by atoms with Gasteiger partial charge in [0.1, 0.15) is 5.75 Å². The Labute approximate surface area is 104 Å². The first-order chi connectivity index (χ1) is 7.45. The van der Waals surface area contributed by atoms with Crippen molar-refractivity contribution < 1.29 is 9.90 Å². The number of nitrogens with one attached hydrogen (secondary N) is 1. The summed E-state index contributed by atoms with van der Waals surface area (Å²) in [5.74, 6) is -0.00227. The second-order valence-corrected chi connectivity index (χ2v) is 4.95. The van der Waals surface area contributed by atoms with Gasteiger partial charge >= 0.3 is 0 Å². The predicted octanol–water partition coefficient (Wildman–Crippen LogP) is 3.12. The Kier molecular flexibility index (Phi) is 4.35. The first-order valence-corrected chi connectivity index (χ1v) is 6.12. The number of carbonyl (C=O) groups excluding carboxylic acids is 1. The summed E-state index contributed by atoms with van der Waals surface area (Å²) in [5, 5.41) is 12.5. The Bertz CT molecular complexity index is 404. The van der Waals surface area contributed by atoms with Gasteiger partial charge in [-0.2, -0.15) is 0 Å². The Morgan fingerprint density at radius 2 is 2.12 bits per heavy atom. The van der Waals surface area contributed by atoms with Crippen molar-refractivity contribution >= 4 is 27.5 Å². The Morgan fingerprint density at radius 1 is 1.50 bits per heavy atom. The predicted molar refractivity (Wildman–Crippen MR) is 69.2 cm³/mol. The molecular formula is C12H16BrNO2. The lowest BCUT2D eigenvalue weighted by Gasteiger charge is -2.12. The van der Waals surface area contributed by atoms with E-state index in [0.29, 0.717) is 12.1 Å². The number of benzene rings is 1. The van der Waals surface area contributed by atoms with Gasteiger partial charge in [-0.25, -0.2) is 0 Å². The summed E-state index contributed by atoms with van der Waals surface area (Å²) in [6.07, 6.45) is 0.706. The standard InChI is InChI=1S/C12H16BrNO2/c1-4-9(13)12(16)14-10-6-7(2)5-8(3)11(10)15/h5-6,9,15H,4H2,1-3H3,(H,14,16). The molecule has 1 aromatic rings. The van der Waals surface area contributed by atoms with Crippen LogP contribution in [0.15, 0.2) is 12.1 Å². The monoisotopic (exact) mass is 285 g/mol. The molecule has 1 unspecified atom stereocenters. The average molecular weight is 286 g/mol. The molecule has 4 heteroatoms. The lowest BCUT2D eigenvalue weighted by Crippen LogP contribution is -2.22. The number of rotatable bonds is 3. The van der Waals surface area contributed by atoms with Crippen LogP contribution in [0.3, 0.4) is 0 Å². The van der Waals surface area contributed by atoms with E-state index in [0.717, 1.165) is 11.1 Å². The molecule has 0 bridgehead atoms. The first kappa shape index (κ1) is 13.0. The maximum Gasteiger partial charge on any atom is 0.238 e. The van der Waals surface area contributed by atoms with Gasteiger partial charge in [-0.15, -0.1) is 0 Å². The quantitative estimate of drug-likeness (QED) is 0.662. The van der Waals surface area contributed by atoms with Crippen LogP contribution in [0.25, 0.3) is 0 Å². The Hall–Kier alpha value is -1.03. The van der Waals surface area contributed by atoms with Gasteiger partial charge in [0.15, 0.2) is 0 Å². The smallest absolute Gasteiger partial charge is 0.238 e. The number of phenolic OH excluding ortho intramolecular Hbond substituents is 1. The fourth-order valence-corrected chi connectivity index (χ4v) is 1.57. The molecule has 0 aliphatic carbocycles. The molecule has 0 radical (unpaired) electrons. The van der Waals surface area contributed by atoms with E-state index >= 15 is 0 Å². The maximum absolute atomic E-state index is 11.6. The zero-order valence-electron chi connectivity index (χ0n) is 9.67. The number of hydrogen-bond donors (Lipinski definition) is 2. The number of aryl methyl sites for hydroxylation is 2. The van der Waals surface area contributed by atoms with Crippen molar-refractivity contribution in [3.63, 3.8) is 0 Å². The molecule has 16 heavy (non-hydrogen) atoms. The van der Waals surface area contributed by atoms with E-state index in [-0.39, 0.29) is 16.5 Å². The average Bonchev–Trinajstić information content (AvgIpc) is 2.23. The number of phenols is 1. The van der Waals surface area contributed by atoms with Crippen LogP contribution in [0.1, 0.15) is 24.5 Å². The van der Waals surface area contributed by atoms with E-state index in [2.05, 4.69) is 21.2 Å². The molecule has 0 spiro atoms. The van der Waals surface area contributed by atoms with Crippen molar-refractivity contribution in [2.45, 2.75) is 32.0 Å². The molecule has 0 fully saturated rings. The third kappa shape index (κ3) is 2.98. The number of amides is 1. The summed E-state index contributed by atoms with van der Waals surface area (Å²) in [6, 6.07) is 3.63. The third-order valence-corrected chi connectivity index (χ3v) is 3.41. The molecular weight excluding hydrogens is 270 g/mol. The molecule has 88 valence electrons. The molecule has 1 aromatic carbocycles. The van der Waals surface area contributed by atoms with Crippen LogP contribution in [-0.2, 0) is 4.79 Å². The van der Waals surface area contributed by atoms with Gasteiger partial charge in [-0.3, -0.25) is 4.79 Å². The fourth-order valence-electron chi connectivity index (χ4n) is 1.45. The number of halogens is 1. The van der Waals surface area contributed by atoms with Gasteiger partial charge in [0.05, 0.1) is 10.5 Å². The van der Waals surface area contributed by atoms with Gasteiger partial charge in [-0.1, -0.05) is 28.9 Å². The molecule has 0 aromatic heterocycles. The lowest BCUT2D eigenvalue weighted by molar-refractivity contribution is -0.115. The van der Waals surface area contributed by atoms with Crippen molar-refractivity contribution in [2.75, 3.05) is 5.32 Å². The minimum Gasteiger partial charge on any atom is -0.505 e. The molecule has 1 amide bonds. The summed E-state index contributed by atoms with van der Waals surface area (Å²) in [6.45, 7) is 5.65. The molecule has 0 heterocycles. The highest BCUT2D eigenvalue weighted by Crippen LogP contribution is 2.29. The van der Waals surface area contributed by atoms with E-state index in [1.165, 1.54) is 0 Å². The zero-order valence-corrected chi connectivity index (χ0v) is 11.3. The minimum absolute atomic E-state index is 0.134. The van der Waals surface area contributed by atoms with Crippen LogP contribution in [0, 0.1) is 13.8 Å². The first-order valence-electron chi connectivity index (χ1n) is 5.20. The summed E-state index contributed by atoms with van der Waals surface area (Å²) >= 11 is 3.27. The van der Waals surface area contributed by atoms with Crippen molar-refractivity contribution in [1.82, 2.24) is 0 Å². The second-order valence-electron chi connectivity index (χ2n) is 3.84. The molecule has 2 N–H and O–H groups in total. The number of hydrogen-bond acceptors (Lipinski definition) is 2. The Morgan fingerprint density at radius 3 is 2.69 bits per heavy atom. The van der Waals surface area contributed by atoms with E-state index < -0.39 is 0 Å². The summed E-state index contributed by atoms with van der Waals surface area (Å²) in [4.78, 5) is 11.4. The number of aromatic hydroxyl groups is 1. The van der Waals surface area contributed by atoms with Gasteiger partial charge in [0.2, 0.25) is 5.91 Å². The molecule has 0 saturated heterocycles. The van der Waals surface area contributed by atoms with Crippen LogP contribution < -0.4 is 5.32 Å². The van der Waals surface area contributed by atoms with Crippen molar-refractivity contribution in [3.8, 4) is 5.75 Å². The van der Waals surface area contributed by atoms with E-state index in [4.69, 9.17) is 0 Å². The number of carbonyl (C=O) groups is 1. The van der Waals surface area contributed by atoms with Crippen LogP contribution >= 0.6 is 15.9 Å². The van der Waals surface area contributed by atoms with Gasteiger partial charge in [0.25, 0.3) is 0 Å². The van der Waals surface area contributed by atoms with Crippen molar-refractivity contribution in [3.05, 3.63) is 23.3 Å². The highest BCUT2D eigenvalue weighted by molar-refractivity contribution is 9.10. The summed E-state index contributed by atoms with van der Waals surface area (Å²) < 4.78 is 0. The highest BCUT2D eigenvalue weighted by atomic mass is 79.9. The molecule has 1 atom stereocenters. The van der Waals surface area contributed by atoms with E-state index in [9.17, 15) is 9.90 Å². The van der Waals surface area contributed by atoms with Gasteiger partial charge in [0, 0.05) is 0 Å². The Balaban J connectivity index is 2.93. The topological polar surface area (TPSA) is 49.3 Å². The van der Waals surface area contributed by atoms with E-state index in [1.807, 2.05) is 26.8 Å². The summed E-state index contributed by atoms with van der Waals surface area (Å²) in [7, 11) is 0. The number of alkyl halides is 1. The van der Waals surface area contributed by atoms with Crippen molar-refractivity contribution in [2.24, 2.45) is 0 Å². The molecule has 0 aliphatic rings. The lowest BCUT2D eigenvalue weighted by atomic mass is 10.1. The molecule has 0 aliphatic heterocycles. The van der Waals surface area contributed by atoms with Gasteiger partial charge in [-0.05, 0) is 37.5 Å². The van der Waals surface area contributed by atoms with Gasteiger partial charge < -0.3 is 10.4 Å². The normalized spacial score (nSPS) is 12.2. The minimum atomic E-state index is -0.229. The maximum atomic E-state index is 11.6. The molecule has 3 nitrogen and oxygen atoms in total. The van der Waals surface area contributed by atoms with Crippen LogP contribution in [0.4, 0.5) is 5.69 Å². The second kappa shape index (κ2) is 5.34. The third-order valence-electron chi connectivity index (χ3n) is 2.35. The molecule has 0 saturated carbocycles. The summed E-state index contributed by atoms with van der Waals surface area (Å²) in [5.41, 5.74) is 2.24. The molecule has 1 rings (SSSR count). The highest BCUT2D eigenvalue weighted by Gasteiger charge is 2.15. The van der Waals surface area contributed by atoms with Crippen LogP contribution in [0.2, 0.25) is 0 Å². The van der Waals surface area contributed by atoms with Crippen LogP contribution in [-0.4, -0.2) is 15.8 Å².